The molecule has 1 aliphatic heterocycles. The van der Waals surface area contributed by atoms with Crippen molar-refractivity contribution in [1.29, 1.82) is 0 Å². The minimum atomic E-state index is -1.09. The van der Waals surface area contributed by atoms with E-state index in [-0.39, 0.29) is 25.5 Å². The number of carbonyl (C=O) groups excluding carboxylic acids is 1. The van der Waals surface area contributed by atoms with Gasteiger partial charge in [0, 0.05) is 52.9 Å². The van der Waals surface area contributed by atoms with Crippen molar-refractivity contribution >= 4 is 46.6 Å². The fourth-order valence-corrected chi connectivity index (χ4v) is 5.49. The van der Waals surface area contributed by atoms with Crippen LogP contribution >= 0.6 is 22.9 Å². The molecule has 40 heavy (non-hydrogen) atoms. The first-order valence-corrected chi connectivity index (χ1v) is 13.8. The summed E-state index contributed by atoms with van der Waals surface area (Å²) in [6.07, 6.45) is 0.778. The molecule has 4 rings (SSSR count). The number of carbonyl (C=O) groups is 2. The summed E-state index contributed by atoms with van der Waals surface area (Å²) in [4.78, 5) is 32.0. The van der Waals surface area contributed by atoms with Crippen LogP contribution in [-0.4, -0.2) is 60.5 Å². The van der Waals surface area contributed by atoms with E-state index in [0.717, 1.165) is 6.08 Å². The number of carboxylic acids is 1. The zero-order valence-electron chi connectivity index (χ0n) is 22.6. The molecule has 1 aliphatic rings. The highest BCUT2D eigenvalue weighted by Gasteiger charge is 2.40. The number of hydrogen-bond donors (Lipinski definition) is 2. The molecule has 0 aliphatic carbocycles. The fourth-order valence-electron chi connectivity index (χ4n) is 4.60. The number of aliphatic hydroxyl groups excluding tert-OH is 1. The number of ether oxygens (including phenoxy) is 3. The van der Waals surface area contributed by atoms with Crippen LogP contribution < -0.4 is 14.4 Å². The average molecular weight is 587 g/mol. The van der Waals surface area contributed by atoms with E-state index in [1.54, 1.807) is 41.8 Å². The number of nitrogens with zero attached hydrogens (tertiary/aromatic N) is 2. The number of carboxylic acid groups (broad SMARTS) is 1. The van der Waals surface area contributed by atoms with Crippen LogP contribution in [0.25, 0.3) is 6.08 Å². The van der Waals surface area contributed by atoms with E-state index in [1.807, 2.05) is 26.0 Å². The molecule has 2 N–H and O–H groups in total. The molecule has 3 aromatic rings. The number of methoxy groups -OCH3 is 2. The quantitative estimate of drug-likeness (QED) is 0.319. The first-order chi connectivity index (χ1) is 19.1. The lowest BCUT2D eigenvalue weighted by Gasteiger charge is -2.32. The molecule has 0 saturated heterocycles. The molecule has 0 radical (unpaired) electrons. The molecule has 0 bridgehead atoms. The molecule has 0 unspecified atom stereocenters. The Morgan fingerprint density at radius 2 is 2.00 bits per heavy atom. The van der Waals surface area contributed by atoms with Crippen LogP contribution in [0.2, 0.25) is 5.02 Å². The van der Waals surface area contributed by atoms with Crippen molar-refractivity contribution in [3.63, 3.8) is 0 Å². The molecule has 11 heteroatoms. The molecule has 0 spiro atoms. The van der Waals surface area contributed by atoms with Crippen molar-refractivity contribution in [2.45, 2.75) is 32.5 Å². The maximum Gasteiger partial charge on any atom is 0.328 e. The van der Waals surface area contributed by atoms with E-state index in [1.165, 1.54) is 24.5 Å². The number of anilines is 1. The molecule has 2 heterocycles. The first kappa shape index (κ1) is 29.5. The molecule has 2 atom stereocenters. The molecular formula is C29H31ClN2O7S. The van der Waals surface area contributed by atoms with Crippen LogP contribution in [0.4, 0.5) is 5.69 Å². The van der Waals surface area contributed by atoms with Crippen molar-refractivity contribution in [1.82, 2.24) is 4.98 Å². The zero-order chi connectivity index (χ0) is 29.0. The number of para-hydroxylation sites is 1. The van der Waals surface area contributed by atoms with Crippen LogP contribution in [0.1, 0.15) is 41.6 Å². The van der Waals surface area contributed by atoms with Crippen LogP contribution in [0.5, 0.6) is 11.5 Å². The minimum Gasteiger partial charge on any atom is -0.493 e. The van der Waals surface area contributed by atoms with Crippen molar-refractivity contribution in [3.8, 4) is 11.5 Å². The Morgan fingerprint density at radius 1 is 1.23 bits per heavy atom. The SMILES string of the molecule is COc1cccc([C@H]2O[C@H](Cc3ncsc3C=CC(=O)O)C(=O)N(CC(C)(C)CO)c3ccc(Cl)cc32)c1OC. The van der Waals surface area contributed by atoms with Crippen molar-refractivity contribution in [3.05, 3.63) is 74.7 Å². The standard InChI is InChI=1S/C29H31ClN2O7S/c1-29(2,15-33)14-32-21-9-8-17(30)12-19(21)26(18-6-5-7-22(37-3)27(18)38-4)39-23(28(32)36)13-20-24(40-16-31-20)10-11-25(34)35/h5-12,16,23,26,33H,13-15H2,1-4H3,(H,34,35)/t23-,26-/m1/s1. The third-order valence-corrected chi connectivity index (χ3v) is 7.63. The lowest BCUT2D eigenvalue weighted by atomic mass is 9.92. The Bertz CT molecular complexity index is 1420. The summed E-state index contributed by atoms with van der Waals surface area (Å²) in [7, 11) is 3.08. The van der Waals surface area contributed by atoms with Gasteiger partial charge in [-0.25, -0.2) is 9.78 Å². The average Bonchev–Trinajstić information content (AvgIpc) is 3.35. The van der Waals surface area contributed by atoms with E-state index < -0.39 is 23.6 Å². The molecule has 1 amide bonds. The summed E-state index contributed by atoms with van der Waals surface area (Å²) >= 11 is 7.74. The Labute approximate surface area is 241 Å². The van der Waals surface area contributed by atoms with Gasteiger partial charge in [0.15, 0.2) is 11.5 Å². The van der Waals surface area contributed by atoms with Gasteiger partial charge in [0.25, 0.3) is 5.91 Å². The van der Waals surface area contributed by atoms with Crippen LogP contribution in [-0.2, 0) is 20.7 Å². The molecule has 0 fully saturated rings. The number of hydrogen-bond acceptors (Lipinski definition) is 8. The topological polar surface area (TPSA) is 118 Å². The predicted molar refractivity (Wildman–Crippen MR) is 153 cm³/mol. The molecule has 9 nitrogen and oxygen atoms in total. The van der Waals surface area contributed by atoms with Crippen molar-refractivity contribution in [2.75, 3.05) is 32.3 Å². The highest BCUT2D eigenvalue weighted by Crippen LogP contribution is 2.45. The number of benzene rings is 2. The van der Waals surface area contributed by atoms with Gasteiger partial charge < -0.3 is 29.3 Å². The number of halogens is 1. The lowest BCUT2D eigenvalue weighted by molar-refractivity contribution is -0.132. The van der Waals surface area contributed by atoms with Gasteiger partial charge in [-0.1, -0.05) is 37.6 Å². The van der Waals surface area contributed by atoms with Gasteiger partial charge in [-0.2, -0.15) is 0 Å². The van der Waals surface area contributed by atoms with Crippen LogP contribution in [0, 0.1) is 5.41 Å². The zero-order valence-corrected chi connectivity index (χ0v) is 24.2. The maximum absolute atomic E-state index is 14.2. The van der Waals surface area contributed by atoms with E-state index >= 15 is 0 Å². The molecule has 212 valence electrons. The number of aliphatic hydroxyl groups is 1. The lowest BCUT2D eigenvalue weighted by Crippen LogP contribution is -2.46. The van der Waals surface area contributed by atoms with E-state index in [4.69, 9.17) is 30.9 Å². The van der Waals surface area contributed by atoms with Gasteiger partial charge in [0.2, 0.25) is 0 Å². The Balaban J connectivity index is 1.90. The summed E-state index contributed by atoms with van der Waals surface area (Å²) in [5.41, 5.74) is 3.38. The Hall–Kier alpha value is -3.44. The molecular weight excluding hydrogens is 556 g/mol. The monoisotopic (exact) mass is 586 g/mol. The smallest absolute Gasteiger partial charge is 0.328 e. The first-order valence-electron chi connectivity index (χ1n) is 12.5. The summed E-state index contributed by atoms with van der Waals surface area (Å²) < 4.78 is 17.9. The second-order valence-corrected chi connectivity index (χ2v) is 11.4. The Morgan fingerprint density at radius 3 is 2.67 bits per heavy atom. The fraction of sp³-hybridized carbons (Fsp3) is 0.345. The maximum atomic E-state index is 14.2. The van der Waals surface area contributed by atoms with E-state index in [0.29, 0.717) is 43.9 Å². The summed E-state index contributed by atoms with van der Waals surface area (Å²) in [6.45, 7) is 3.80. The number of amides is 1. The second kappa shape index (κ2) is 12.4. The summed E-state index contributed by atoms with van der Waals surface area (Å²) in [5, 5.41) is 19.6. The second-order valence-electron chi connectivity index (χ2n) is 10.1. The Kier molecular flexibility index (Phi) is 9.15. The van der Waals surface area contributed by atoms with Gasteiger partial charge in [-0.05, 0) is 30.3 Å². The summed E-state index contributed by atoms with van der Waals surface area (Å²) in [5.74, 6) is -0.458. The number of aromatic nitrogens is 1. The van der Waals surface area contributed by atoms with E-state index in [2.05, 4.69) is 4.98 Å². The number of fused-ring (bicyclic) bond motifs is 1. The normalized spacial score (nSPS) is 17.6. The highest BCUT2D eigenvalue weighted by atomic mass is 35.5. The van der Waals surface area contributed by atoms with Gasteiger partial charge in [0.1, 0.15) is 12.2 Å². The van der Waals surface area contributed by atoms with Crippen molar-refractivity contribution < 1.29 is 34.0 Å². The number of rotatable bonds is 10. The predicted octanol–water partition coefficient (Wildman–Crippen LogP) is 4.99. The van der Waals surface area contributed by atoms with Gasteiger partial charge in [-0.3, -0.25) is 4.79 Å². The van der Waals surface area contributed by atoms with Crippen LogP contribution in [0.15, 0.2) is 48.0 Å². The highest BCUT2D eigenvalue weighted by molar-refractivity contribution is 7.10. The third-order valence-electron chi connectivity index (χ3n) is 6.56. The third kappa shape index (κ3) is 6.31. The largest absolute Gasteiger partial charge is 0.493 e. The van der Waals surface area contributed by atoms with Gasteiger partial charge in [-0.15, -0.1) is 11.3 Å². The molecule has 1 aromatic heterocycles. The number of aliphatic carboxylic acids is 1. The molecule has 2 aromatic carbocycles. The van der Waals surface area contributed by atoms with E-state index in [9.17, 15) is 14.7 Å². The summed E-state index contributed by atoms with van der Waals surface area (Å²) in [6, 6.07) is 10.7. The number of thiazole rings is 1. The molecule has 0 saturated carbocycles. The van der Waals surface area contributed by atoms with Gasteiger partial charge >= 0.3 is 5.97 Å². The van der Waals surface area contributed by atoms with Crippen LogP contribution in [0.3, 0.4) is 0 Å². The minimum absolute atomic E-state index is 0.0855. The van der Waals surface area contributed by atoms with Crippen molar-refractivity contribution in [2.24, 2.45) is 5.41 Å². The van der Waals surface area contributed by atoms with Gasteiger partial charge in [0.05, 0.1) is 30.3 Å².